The van der Waals surface area contributed by atoms with E-state index < -0.39 is 29.8 Å². The first-order chi connectivity index (χ1) is 9.36. The fourth-order valence-corrected chi connectivity index (χ4v) is 1.51. The molecule has 0 aliphatic carbocycles. The predicted octanol–water partition coefficient (Wildman–Crippen LogP) is 0.599. The van der Waals surface area contributed by atoms with E-state index in [-0.39, 0.29) is 5.56 Å². The van der Waals surface area contributed by atoms with Gasteiger partial charge in [0.25, 0.3) is 5.91 Å². The number of hydrogen-bond donors (Lipinski definition) is 3. The summed E-state index contributed by atoms with van der Waals surface area (Å²) in [5, 5.41) is 20.0. The summed E-state index contributed by atoms with van der Waals surface area (Å²) in [6, 6.07) is 4.51. The summed E-state index contributed by atoms with van der Waals surface area (Å²) in [5.41, 5.74) is 0.217. The Bertz CT molecular complexity index is 510. The van der Waals surface area contributed by atoms with Crippen LogP contribution in [0.5, 0.6) is 5.75 Å². The molecule has 0 aromatic heterocycles. The first-order valence-corrected chi connectivity index (χ1v) is 5.77. The summed E-state index contributed by atoms with van der Waals surface area (Å²) in [5.74, 6) is -4.05. The van der Waals surface area contributed by atoms with Crippen LogP contribution in [-0.2, 0) is 9.59 Å². The van der Waals surface area contributed by atoms with Gasteiger partial charge in [-0.25, -0.2) is 4.79 Å². The maximum absolute atomic E-state index is 11.9. The van der Waals surface area contributed by atoms with Crippen LogP contribution in [0.1, 0.15) is 17.3 Å². The number of carbonyl (C=O) groups is 3. The summed E-state index contributed by atoms with van der Waals surface area (Å²) in [7, 11) is 1.48. The topological polar surface area (TPSA) is 113 Å². The van der Waals surface area contributed by atoms with Crippen LogP contribution >= 0.6 is 0 Å². The molecule has 0 radical (unpaired) electrons. The maximum atomic E-state index is 11.9. The largest absolute Gasteiger partial charge is 0.497 e. The van der Waals surface area contributed by atoms with Crippen LogP contribution < -0.4 is 10.1 Å². The molecule has 7 heteroatoms. The van der Waals surface area contributed by atoms with Gasteiger partial charge < -0.3 is 20.3 Å². The van der Waals surface area contributed by atoms with Crippen LogP contribution in [0.3, 0.4) is 0 Å². The zero-order chi connectivity index (χ0) is 15.3. The Balaban J connectivity index is 2.85. The lowest BCUT2D eigenvalue weighted by atomic mass is 10.0. The monoisotopic (exact) mass is 281 g/mol. The lowest BCUT2D eigenvalue weighted by Crippen LogP contribution is -2.47. The molecule has 0 saturated carbocycles. The van der Waals surface area contributed by atoms with E-state index in [1.54, 1.807) is 12.1 Å². The van der Waals surface area contributed by atoms with Gasteiger partial charge in [-0.3, -0.25) is 9.59 Å². The van der Waals surface area contributed by atoms with Gasteiger partial charge in [0.15, 0.2) is 0 Å². The molecule has 7 nitrogen and oxygen atoms in total. The minimum absolute atomic E-state index is 0.217. The van der Waals surface area contributed by atoms with Crippen molar-refractivity contribution in [2.45, 2.75) is 13.0 Å². The third kappa shape index (κ3) is 3.71. The molecule has 2 atom stereocenters. The molecule has 0 saturated heterocycles. The maximum Gasteiger partial charge on any atom is 0.327 e. The van der Waals surface area contributed by atoms with Crippen LogP contribution in [0.4, 0.5) is 0 Å². The zero-order valence-corrected chi connectivity index (χ0v) is 11.0. The summed E-state index contributed by atoms with van der Waals surface area (Å²) >= 11 is 0. The van der Waals surface area contributed by atoms with E-state index in [0.717, 1.165) is 0 Å². The van der Waals surface area contributed by atoms with Crippen molar-refractivity contribution in [3.05, 3.63) is 29.8 Å². The van der Waals surface area contributed by atoms with Crippen molar-refractivity contribution in [3.63, 3.8) is 0 Å². The molecule has 0 heterocycles. The van der Waals surface area contributed by atoms with Crippen molar-refractivity contribution in [1.82, 2.24) is 5.32 Å². The average molecular weight is 281 g/mol. The molecular formula is C13H15NO6. The summed E-state index contributed by atoms with van der Waals surface area (Å²) < 4.78 is 4.93. The van der Waals surface area contributed by atoms with Crippen molar-refractivity contribution in [3.8, 4) is 5.75 Å². The Labute approximate surface area is 115 Å². The number of ether oxygens (including phenoxy) is 1. The smallest absolute Gasteiger partial charge is 0.327 e. The van der Waals surface area contributed by atoms with Crippen molar-refractivity contribution in [2.24, 2.45) is 5.92 Å². The molecule has 1 aromatic carbocycles. The molecule has 0 spiro atoms. The SMILES string of the molecule is COc1ccc(C(=O)NC(C(=O)O)C(C)C(=O)O)cc1. The molecule has 3 N–H and O–H groups in total. The lowest BCUT2D eigenvalue weighted by molar-refractivity contribution is -0.149. The Morgan fingerprint density at radius 2 is 1.65 bits per heavy atom. The first-order valence-electron chi connectivity index (χ1n) is 5.77. The van der Waals surface area contributed by atoms with Crippen molar-refractivity contribution < 1.29 is 29.3 Å². The van der Waals surface area contributed by atoms with E-state index in [1.807, 2.05) is 0 Å². The second-order valence-electron chi connectivity index (χ2n) is 4.14. The van der Waals surface area contributed by atoms with Gasteiger partial charge in [0.1, 0.15) is 11.8 Å². The third-order valence-corrected chi connectivity index (χ3v) is 2.79. The highest BCUT2D eigenvalue weighted by Crippen LogP contribution is 2.12. The van der Waals surface area contributed by atoms with Crippen LogP contribution in [0, 0.1) is 5.92 Å². The molecule has 0 bridgehead atoms. The van der Waals surface area contributed by atoms with Crippen LogP contribution in [0.25, 0.3) is 0 Å². The van der Waals surface area contributed by atoms with Crippen molar-refractivity contribution in [1.29, 1.82) is 0 Å². The molecule has 1 aromatic rings. The quantitative estimate of drug-likeness (QED) is 0.703. The van der Waals surface area contributed by atoms with Gasteiger partial charge in [-0.05, 0) is 31.2 Å². The van der Waals surface area contributed by atoms with Crippen LogP contribution in [0.15, 0.2) is 24.3 Å². The number of carbonyl (C=O) groups excluding carboxylic acids is 1. The highest BCUT2D eigenvalue weighted by molar-refractivity contribution is 5.97. The molecule has 0 aliphatic heterocycles. The third-order valence-electron chi connectivity index (χ3n) is 2.79. The van der Waals surface area contributed by atoms with Gasteiger partial charge in [0, 0.05) is 5.56 Å². The van der Waals surface area contributed by atoms with Gasteiger partial charge in [-0.2, -0.15) is 0 Å². The second-order valence-corrected chi connectivity index (χ2v) is 4.14. The van der Waals surface area contributed by atoms with E-state index in [0.29, 0.717) is 5.75 Å². The average Bonchev–Trinajstić information content (AvgIpc) is 2.43. The molecule has 2 unspecified atom stereocenters. The highest BCUT2D eigenvalue weighted by Gasteiger charge is 2.31. The number of amides is 1. The van der Waals surface area contributed by atoms with E-state index in [1.165, 1.54) is 26.2 Å². The molecule has 20 heavy (non-hydrogen) atoms. The predicted molar refractivity (Wildman–Crippen MR) is 68.7 cm³/mol. The van der Waals surface area contributed by atoms with E-state index >= 15 is 0 Å². The molecule has 108 valence electrons. The molecule has 1 rings (SSSR count). The highest BCUT2D eigenvalue weighted by atomic mass is 16.5. The number of benzene rings is 1. The minimum atomic E-state index is -1.50. The molecule has 0 aliphatic rings. The van der Waals surface area contributed by atoms with Crippen molar-refractivity contribution >= 4 is 17.8 Å². The number of aliphatic carboxylic acids is 2. The zero-order valence-electron chi connectivity index (χ0n) is 11.0. The van der Waals surface area contributed by atoms with Gasteiger partial charge in [0.2, 0.25) is 0 Å². The summed E-state index contributed by atoms with van der Waals surface area (Å²) in [6.45, 7) is 1.22. The summed E-state index contributed by atoms with van der Waals surface area (Å²) in [4.78, 5) is 33.7. The lowest BCUT2D eigenvalue weighted by Gasteiger charge is -2.18. The van der Waals surface area contributed by atoms with Crippen LogP contribution in [-0.4, -0.2) is 41.2 Å². The number of hydrogen-bond acceptors (Lipinski definition) is 4. The van der Waals surface area contributed by atoms with E-state index in [9.17, 15) is 14.4 Å². The Morgan fingerprint density at radius 3 is 2.05 bits per heavy atom. The number of methoxy groups -OCH3 is 1. The fraction of sp³-hybridized carbons (Fsp3) is 0.308. The summed E-state index contributed by atoms with van der Waals surface area (Å²) in [6.07, 6.45) is 0. The Hall–Kier alpha value is -2.57. The second kappa shape index (κ2) is 6.55. The van der Waals surface area contributed by atoms with E-state index in [4.69, 9.17) is 14.9 Å². The first kappa shape index (κ1) is 15.5. The minimum Gasteiger partial charge on any atom is -0.497 e. The number of carboxylic acid groups (broad SMARTS) is 2. The van der Waals surface area contributed by atoms with Gasteiger partial charge in [-0.1, -0.05) is 0 Å². The standard InChI is InChI=1S/C13H15NO6/c1-7(12(16)17)10(13(18)19)14-11(15)8-3-5-9(20-2)6-4-8/h3-7,10H,1-2H3,(H,14,15)(H,16,17)(H,18,19). The fourth-order valence-electron chi connectivity index (χ4n) is 1.51. The van der Waals surface area contributed by atoms with Crippen LogP contribution in [0.2, 0.25) is 0 Å². The normalized spacial score (nSPS) is 13.1. The van der Waals surface area contributed by atoms with Gasteiger partial charge in [-0.15, -0.1) is 0 Å². The van der Waals surface area contributed by atoms with E-state index in [2.05, 4.69) is 5.32 Å². The van der Waals surface area contributed by atoms with Gasteiger partial charge >= 0.3 is 11.9 Å². The Kier molecular flexibility index (Phi) is 5.08. The number of carboxylic acids is 2. The molecular weight excluding hydrogens is 266 g/mol. The van der Waals surface area contributed by atoms with Crippen molar-refractivity contribution in [2.75, 3.05) is 7.11 Å². The molecule has 0 fully saturated rings. The number of nitrogens with one attached hydrogen (secondary N) is 1. The molecule has 1 amide bonds. The van der Waals surface area contributed by atoms with Gasteiger partial charge in [0.05, 0.1) is 13.0 Å². The number of rotatable bonds is 6. The Morgan fingerprint density at radius 1 is 1.10 bits per heavy atom.